The molecule has 1 aromatic heterocycles. The lowest BCUT2D eigenvalue weighted by Crippen LogP contribution is -2.44. The Morgan fingerprint density at radius 3 is 2.56 bits per heavy atom. The predicted octanol–water partition coefficient (Wildman–Crippen LogP) is 4.96. The second-order valence-corrected chi connectivity index (χ2v) is 8.81. The van der Waals surface area contributed by atoms with E-state index in [4.69, 9.17) is 0 Å². The predicted molar refractivity (Wildman–Crippen MR) is 112 cm³/mol. The molecular formula is C23H35N3O. The molecule has 1 saturated carbocycles. The Balaban J connectivity index is 1.46. The summed E-state index contributed by atoms with van der Waals surface area (Å²) in [4.78, 5) is 18.4. The number of hydrogen-bond acceptors (Lipinski definition) is 2. The Kier molecular flexibility index (Phi) is 6.01. The van der Waals surface area contributed by atoms with E-state index in [0.29, 0.717) is 12.0 Å². The van der Waals surface area contributed by atoms with Crippen LogP contribution in [0.25, 0.3) is 11.0 Å². The van der Waals surface area contributed by atoms with Gasteiger partial charge in [0.25, 0.3) is 0 Å². The van der Waals surface area contributed by atoms with Crippen LogP contribution in [0.2, 0.25) is 0 Å². The number of imidazole rings is 1. The minimum absolute atomic E-state index is 0.0631. The molecule has 1 aromatic carbocycles. The standard InChI is InChI=1S/C23H35N3O/c1-2-19-17-25(16-18-10-6-4-3-5-7-11-18)15-14-21(19)26-22-13-9-8-12-20(22)24-23(26)27/h8-9,12-13,18-19,21H,2-7,10-11,14-17H2,1H3,(H,24,27)/t19-,21-/m1/s1. The molecule has 1 saturated heterocycles. The van der Waals surface area contributed by atoms with Crippen LogP contribution < -0.4 is 5.69 Å². The van der Waals surface area contributed by atoms with E-state index >= 15 is 0 Å². The summed E-state index contributed by atoms with van der Waals surface area (Å²) in [5.74, 6) is 1.44. The van der Waals surface area contributed by atoms with Crippen LogP contribution in [0, 0.1) is 11.8 Å². The quantitative estimate of drug-likeness (QED) is 0.827. The first-order valence-electron chi connectivity index (χ1n) is 11.2. The van der Waals surface area contributed by atoms with E-state index in [0.717, 1.165) is 42.9 Å². The summed E-state index contributed by atoms with van der Waals surface area (Å²) in [6.07, 6.45) is 12.2. The molecule has 4 nitrogen and oxygen atoms in total. The van der Waals surface area contributed by atoms with Crippen LogP contribution in [0.4, 0.5) is 0 Å². The lowest BCUT2D eigenvalue weighted by atomic mass is 9.87. The molecule has 2 aliphatic rings. The van der Waals surface area contributed by atoms with Gasteiger partial charge in [-0.3, -0.25) is 4.57 Å². The van der Waals surface area contributed by atoms with Crippen molar-refractivity contribution in [1.29, 1.82) is 0 Å². The molecular weight excluding hydrogens is 334 g/mol. The van der Waals surface area contributed by atoms with E-state index in [2.05, 4.69) is 27.4 Å². The largest absolute Gasteiger partial charge is 0.326 e. The summed E-state index contributed by atoms with van der Waals surface area (Å²) in [6, 6.07) is 8.46. The number of hydrogen-bond donors (Lipinski definition) is 1. The van der Waals surface area contributed by atoms with Crippen LogP contribution in [0.3, 0.4) is 0 Å². The van der Waals surface area contributed by atoms with Gasteiger partial charge in [-0.05, 0) is 43.2 Å². The number of H-pyrrole nitrogens is 1. The van der Waals surface area contributed by atoms with Crippen LogP contribution in [0.15, 0.2) is 29.1 Å². The van der Waals surface area contributed by atoms with E-state index in [1.807, 2.05) is 18.2 Å². The van der Waals surface area contributed by atoms with Crippen molar-refractivity contribution < 1.29 is 0 Å². The van der Waals surface area contributed by atoms with Crippen molar-refractivity contribution in [3.63, 3.8) is 0 Å². The van der Waals surface area contributed by atoms with Crippen LogP contribution in [-0.2, 0) is 0 Å². The van der Waals surface area contributed by atoms with Crippen molar-refractivity contribution in [2.45, 2.75) is 70.8 Å². The minimum atomic E-state index is 0.0631. The SMILES string of the molecule is CC[C@@H]1CN(CC2CCCCCCC2)CC[C@H]1n1c(=O)[nH]c2ccccc21. The highest BCUT2D eigenvalue weighted by molar-refractivity contribution is 5.75. The van der Waals surface area contributed by atoms with Crippen LogP contribution in [-0.4, -0.2) is 34.1 Å². The van der Waals surface area contributed by atoms with Gasteiger partial charge in [0, 0.05) is 25.7 Å². The lowest BCUT2D eigenvalue weighted by molar-refractivity contribution is 0.0997. The second-order valence-electron chi connectivity index (χ2n) is 8.81. The average molecular weight is 370 g/mol. The number of para-hydroxylation sites is 2. The number of rotatable bonds is 4. The van der Waals surface area contributed by atoms with Gasteiger partial charge in [-0.1, -0.05) is 57.6 Å². The topological polar surface area (TPSA) is 41.0 Å². The molecule has 1 aliphatic heterocycles. The average Bonchev–Trinajstić information content (AvgIpc) is 2.99. The van der Waals surface area contributed by atoms with E-state index in [9.17, 15) is 4.79 Å². The van der Waals surface area contributed by atoms with Gasteiger partial charge in [-0.25, -0.2) is 4.79 Å². The van der Waals surface area contributed by atoms with Gasteiger partial charge in [0.15, 0.2) is 0 Å². The Hall–Kier alpha value is -1.55. The molecule has 4 rings (SSSR count). The molecule has 1 N–H and O–H groups in total. The highest BCUT2D eigenvalue weighted by Crippen LogP contribution is 2.33. The van der Waals surface area contributed by atoms with Crippen molar-refractivity contribution in [3.05, 3.63) is 34.7 Å². The maximum absolute atomic E-state index is 12.7. The molecule has 2 atom stereocenters. The van der Waals surface area contributed by atoms with Gasteiger partial charge >= 0.3 is 5.69 Å². The molecule has 2 heterocycles. The fraction of sp³-hybridized carbons (Fsp3) is 0.696. The molecule has 2 aromatic rings. The van der Waals surface area contributed by atoms with Crippen molar-refractivity contribution >= 4 is 11.0 Å². The van der Waals surface area contributed by atoms with Gasteiger partial charge in [-0.2, -0.15) is 0 Å². The molecule has 0 bridgehead atoms. The number of nitrogens with zero attached hydrogens (tertiary/aromatic N) is 2. The number of nitrogens with one attached hydrogen (secondary N) is 1. The first-order valence-corrected chi connectivity index (χ1v) is 11.2. The molecule has 0 spiro atoms. The van der Waals surface area contributed by atoms with Crippen LogP contribution in [0.5, 0.6) is 0 Å². The van der Waals surface area contributed by atoms with E-state index in [1.54, 1.807) is 0 Å². The zero-order valence-electron chi connectivity index (χ0n) is 16.8. The number of likely N-dealkylation sites (tertiary alicyclic amines) is 1. The van der Waals surface area contributed by atoms with Gasteiger partial charge < -0.3 is 9.88 Å². The summed E-state index contributed by atoms with van der Waals surface area (Å²) in [6.45, 7) is 5.83. The molecule has 148 valence electrons. The maximum Gasteiger partial charge on any atom is 0.326 e. The maximum atomic E-state index is 12.7. The summed E-state index contributed by atoms with van der Waals surface area (Å²) in [5.41, 5.74) is 2.10. The number of fused-ring (bicyclic) bond motifs is 1. The molecule has 0 unspecified atom stereocenters. The lowest BCUT2D eigenvalue weighted by Gasteiger charge is -2.40. The zero-order chi connectivity index (χ0) is 18.6. The van der Waals surface area contributed by atoms with E-state index in [1.165, 1.54) is 51.5 Å². The number of aromatic nitrogens is 2. The smallest absolute Gasteiger partial charge is 0.306 e. The number of benzene rings is 1. The highest BCUT2D eigenvalue weighted by Gasteiger charge is 2.32. The van der Waals surface area contributed by atoms with Crippen molar-refractivity contribution in [1.82, 2.24) is 14.5 Å². The second kappa shape index (κ2) is 8.64. The van der Waals surface area contributed by atoms with Crippen LogP contribution in [0.1, 0.15) is 70.8 Å². The zero-order valence-corrected chi connectivity index (χ0v) is 16.8. The molecule has 1 aliphatic carbocycles. The van der Waals surface area contributed by atoms with E-state index < -0.39 is 0 Å². The Bertz CT molecular complexity index is 784. The minimum Gasteiger partial charge on any atom is -0.306 e. The molecule has 0 radical (unpaired) electrons. The molecule has 4 heteroatoms. The molecule has 27 heavy (non-hydrogen) atoms. The van der Waals surface area contributed by atoms with Gasteiger partial charge in [0.2, 0.25) is 0 Å². The molecule has 0 amide bonds. The Labute approximate surface area is 163 Å². The third-order valence-corrected chi connectivity index (χ3v) is 7.00. The molecule has 2 fully saturated rings. The van der Waals surface area contributed by atoms with Crippen molar-refractivity contribution in [3.8, 4) is 0 Å². The normalized spacial score (nSPS) is 26.1. The highest BCUT2D eigenvalue weighted by atomic mass is 16.1. The van der Waals surface area contributed by atoms with Crippen LogP contribution >= 0.6 is 0 Å². The Morgan fingerprint density at radius 2 is 1.78 bits per heavy atom. The van der Waals surface area contributed by atoms with Crippen molar-refractivity contribution in [2.24, 2.45) is 11.8 Å². The fourth-order valence-corrected chi connectivity index (χ4v) is 5.49. The summed E-state index contributed by atoms with van der Waals surface area (Å²) in [7, 11) is 0. The Morgan fingerprint density at radius 1 is 1.04 bits per heavy atom. The summed E-state index contributed by atoms with van der Waals surface area (Å²) in [5, 5.41) is 0. The first-order chi connectivity index (χ1) is 13.3. The number of aromatic amines is 1. The first kappa shape index (κ1) is 18.8. The van der Waals surface area contributed by atoms with E-state index in [-0.39, 0.29) is 5.69 Å². The van der Waals surface area contributed by atoms with Gasteiger partial charge in [-0.15, -0.1) is 0 Å². The third-order valence-electron chi connectivity index (χ3n) is 7.00. The van der Waals surface area contributed by atoms with Crippen molar-refractivity contribution in [2.75, 3.05) is 19.6 Å². The summed E-state index contributed by atoms with van der Waals surface area (Å²) < 4.78 is 2.05. The van der Waals surface area contributed by atoms with Gasteiger partial charge in [0.05, 0.1) is 11.0 Å². The fourth-order valence-electron chi connectivity index (χ4n) is 5.49. The monoisotopic (exact) mass is 369 g/mol. The van der Waals surface area contributed by atoms with Gasteiger partial charge in [0.1, 0.15) is 0 Å². The summed E-state index contributed by atoms with van der Waals surface area (Å²) >= 11 is 0. The third kappa shape index (κ3) is 4.16. The number of piperidine rings is 1.